The molecule has 196 valence electrons. The van der Waals surface area contributed by atoms with E-state index in [1.807, 2.05) is 69.5 Å². The number of aliphatic hydroxyl groups is 1. The lowest BCUT2D eigenvalue weighted by atomic mass is 9.97. The summed E-state index contributed by atoms with van der Waals surface area (Å²) in [6.45, 7) is 7.86. The number of rotatable bonds is 6. The van der Waals surface area contributed by atoms with Gasteiger partial charge in [-0.25, -0.2) is 4.79 Å². The van der Waals surface area contributed by atoms with Crippen molar-refractivity contribution in [1.82, 2.24) is 20.5 Å². The van der Waals surface area contributed by atoms with E-state index in [2.05, 4.69) is 27.5 Å². The van der Waals surface area contributed by atoms with Crippen LogP contribution in [0.25, 0.3) is 5.57 Å². The number of aryl methyl sites for hydroxylation is 1. The van der Waals surface area contributed by atoms with Gasteiger partial charge in [-0.2, -0.15) is 0 Å². The molecule has 2 aliphatic rings. The predicted molar refractivity (Wildman–Crippen MR) is 146 cm³/mol. The van der Waals surface area contributed by atoms with Gasteiger partial charge >= 0.3 is 6.03 Å². The second-order valence-electron chi connectivity index (χ2n) is 9.48. The normalized spacial score (nSPS) is 23.6. The number of benzene rings is 1. The molecule has 2 atom stereocenters. The average Bonchev–Trinajstić information content (AvgIpc) is 3.32. The van der Waals surface area contributed by atoms with E-state index in [9.17, 15) is 14.7 Å². The van der Waals surface area contributed by atoms with Crippen LogP contribution in [-0.4, -0.2) is 46.1 Å². The van der Waals surface area contributed by atoms with Gasteiger partial charge in [-0.1, -0.05) is 36.1 Å². The van der Waals surface area contributed by atoms with Crippen LogP contribution in [0.1, 0.15) is 43.0 Å². The number of nitrogens with zero attached hydrogens (tertiary/aromatic N) is 2. The third-order valence-corrected chi connectivity index (χ3v) is 7.01. The number of aromatic nitrogens is 1. The minimum Gasteiger partial charge on any atom is -0.497 e. The fourth-order valence-electron chi connectivity index (χ4n) is 4.69. The number of fused-ring (bicyclic) bond motifs is 1. The van der Waals surface area contributed by atoms with Crippen LogP contribution in [0.5, 0.6) is 5.75 Å². The number of carbonyl (C=O) groups is 2. The molecule has 2 unspecified atom stereocenters. The first kappa shape index (κ1) is 26.9. The molecular weight excluding hydrogens is 480 g/mol. The smallest absolute Gasteiger partial charge is 0.323 e. The maximum absolute atomic E-state index is 13.0. The molecule has 3 heterocycles. The van der Waals surface area contributed by atoms with E-state index in [1.54, 1.807) is 31.2 Å². The lowest BCUT2D eigenvalue weighted by Crippen LogP contribution is -2.56. The van der Waals surface area contributed by atoms with Gasteiger partial charge in [0.2, 0.25) is 0 Å². The van der Waals surface area contributed by atoms with Gasteiger partial charge in [0.1, 0.15) is 11.5 Å². The van der Waals surface area contributed by atoms with Gasteiger partial charge in [0.15, 0.2) is 5.54 Å². The number of nitrogens with one attached hydrogen (secondary N) is 2. The standard InChI is InChI=1S/C30H32N4O4/c1-6-21(8-9-22(7-2)25-17-31-15-13-20(25)3)12-14-30(27(35)32-28(36)33-30)19-34-18-23-10-11-24(38-5)16-26(23)29(34,4)37/h6-11,13,15-17,37H,18-19H2,1-5H3,(H2,32,33,35,36). The largest absolute Gasteiger partial charge is 0.497 e. The number of amides is 3. The summed E-state index contributed by atoms with van der Waals surface area (Å²) >= 11 is 0. The van der Waals surface area contributed by atoms with E-state index in [0.29, 0.717) is 23.4 Å². The number of allylic oxidation sites excluding steroid dienone is 6. The molecule has 0 spiro atoms. The van der Waals surface area contributed by atoms with Crippen LogP contribution < -0.4 is 15.4 Å². The van der Waals surface area contributed by atoms with E-state index in [4.69, 9.17) is 4.74 Å². The Morgan fingerprint density at radius 2 is 2.03 bits per heavy atom. The van der Waals surface area contributed by atoms with Gasteiger partial charge in [0.25, 0.3) is 5.91 Å². The van der Waals surface area contributed by atoms with E-state index >= 15 is 0 Å². The summed E-state index contributed by atoms with van der Waals surface area (Å²) in [4.78, 5) is 31.2. The molecule has 0 aliphatic carbocycles. The van der Waals surface area contributed by atoms with Gasteiger partial charge in [-0.3, -0.25) is 20.0 Å². The monoisotopic (exact) mass is 512 g/mol. The van der Waals surface area contributed by atoms with Gasteiger partial charge in [0.05, 0.1) is 7.11 Å². The van der Waals surface area contributed by atoms with Crippen molar-refractivity contribution in [2.24, 2.45) is 0 Å². The number of carbonyl (C=O) groups excluding carboxylic acids is 2. The zero-order chi connectivity index (χ0) is 27.5. The van der Waals surface area contributed by atoms with E-state index in [-0.39, 0.29) is 6.54 Å². The number of hydrogen-bond acceptors (Lipinski definition) is 6. The molecule has 8 nitrogen and oxygen atoms in total. The van der Waals surface area contributed by atoms with Gasteiger partial charge in [0, 0.05) is 42.2 Å². The average molecular weight is 513 g/mol. The summed E-state index contributed by atoms with van der Waals surface area (Å²) in [5.41, 5.74) is 2.43. The van der Waals surface area contributed by atoms with Crippen molar-refractivity contribution in [3.63, 3.8) is 0 Å². The minimum atomic E-state index is -1.54. The zero-order valence-electron chi connectivity index (χ0n) is 22.3. The number of urea groups is 1. The van der Waals surface area contributed by atoms with E-state index < -0.39 is 23.2 Å². The highest BCUT2D eigenvalue weighted by Crippen LogP contribution is 2.39. The molecule has 4 rings (SSSR count). The van der Waals surface area contributed by atoms with Crippen LogP contribution in [0.4, 0.5) is 4.79 Å². The Labute approximate surface area is 223 Å². The van der Waals surface area contributed by atoms with Crippen molar-refractivity contribution in [3.05, 3.63) is 88.8 Å². The third kappa shape index (κ3) is 5.12. The molecular formula is C30H32N4O4. The number of hydrogen-bond donors (Lipinski definition) is 3. The highest BCUT2D eigenvalue weighted by Gasteiger charge is 2.51. The summed E-state index contributed by atoms with van der Waals surface area (Å²) in [6, 6.07) is 6.83. The van der Waals surface area contributed by atoms with Crippen molar-refractivity contribution in [2.75, 3.05) is 13.7 Å². The molecule has 3 N–H and O–H groups in total. The Morgan fingerprint density at radius 1 is 1.24 bits per heavy atom. The molecule has 0 bridgehead atoms. The Bertz CT molecular complexity index is 1430. The molecule has 1 fully saturated rings. The van der Waals surface area contributed by atoms with E-state index in [1.165, 1.54) is 0 Å². The lowest BCUT2D eigenvalue weighted by molar-refractivity contribution is -0.127. The maximum Gasteiger partial charge on any atom is 0.323 e. The zero-order valence-corrected chi connectivity index (χ0v) is 22.3. The first-order valence-electron chi connectivity index (χ1n) is 12.4. The number of methoxy groups -OCH3 is 1. The maximum atomic E-state index is 13.0. The molecule has 1 aromatic heterocycles. The van der Waals surface area contributed by atoms with Gasteiger partial charge < -0.3 is 15.2 Å². The van der Waals surface area contributed by atoms with Crippen molar-refractivity contribution >= 4 is 17.5 Å². The molecule has 0 radical (unpaired) electrons. The fraction of sp³-hybridized carbons (Fsp3) is 0.300. The Morgan fingerprint density at radius 3 is 2.66 bits per heavy atom. The van der Waals surface area contributed by atoms with Crippen LogP contribution in [0.15, 0.2) is 66.5 Å². The molecule has 2 aromatic rings. The summed E-state index contributed by atoms with van der Waals surface area (Å²) < 4.78 is 5.32. The molecule has 0 saturated carbocycles. The van der Waals surface area contributed by atoms with Crippen molar-refractivity contribution in [2.45, 2.75) is 45.5 Å². The highest BCUT2D eigenvalue weighted by molar-refractivity contribution is 6.09. The minimum absolute atomic E-state index is 0.0166. The Kier molecular flexibility index (Phi) is 7.53. The summed E-state index contributed by atoms with van der Waals surface area (Å²) in [6.07, 6.45) is 11.2. The van der Waals surface area contributed by atoms with Gasteiger partial charge in [-0.15, -0.1) is 0 Å². The Hall–Kier alpha value is -4.19. The van der Waals surface area contributed by atoms with Crippen LogP contribution >= 0.6 is 0 Å². The van der Waals surface area contributed by atoms with Gasteiger partial charge in [-0.05, 0) is 68.7 Å². The molecule has 8 heteroatoms. The third-order valence-electron chi connectivity index (χ3n) is 7.01. The highest BCUT2D eigenvalue weighted by atomic mass is 16.5. The number of ether oxygens (including phenoxy) is 1. The molecule has 1 aromatic carbocycles. The van der Waals surface area contributed by atoms with Crippen molar-refractivity contribution in [3.8, 4) is 17.6 Å². The van der Waals surface area contributed by atoms with Crippen LogP contribution in [0.3, 0.4) is 0 Å². The molecule has 2 aliphatic heterocycles. The van der Waals surface area contributed by atoms with Crippen LogP contribution in [-0.2, 0) is 17.1 Å². The molecule has 1 saturated heterocycles. The SMILES string of the molecule is CC=C(C#CC1(CN2Cc3ccc(OC)cc3C2(C)O)NC(=O)NC1=O)C=CC(=CC)c1cnccc1C. The van der Waals surface area contributed by atoms with Crippen LogP contribution in [0, 0.1) is 18.8 Å². The topological polar surface area (TPSA) is 104 Å². The first-order chi connectivity index (χ1) is 18.1. The number of imide groups is 1. The number of pyridine rings is 1. The summed E-state index contributed by atoms with van der Waals surface area (Å²) in [7, 11) is 1.57. The lowest BCUT2D eigenvalue weighted by Gasteiger charge is -2.35. The first-order valence-corrected chi connectivity index (χ1v) is 12.4. The quantitative estimate of drug-likeness (QED) is 0.311. The van der Waals surface area contributed by atoms with Crippen molar-refractivity contribution < 1.29 is 19.4 Å². The summed E-state index contributed by atoms with van der Waals surface area (Å²) in [5, 5.41) is 16.4. The van der Waals surface area contributed by atoms with Crippen LogP contribution in [0.2, 0.25) is 0 Å². The predicted octanol–water partition coefficient (Wildman–Crippen LogP) is 3.57. The second kappa shape index (κ2) is 10.7. The molecule has 3 amide bonds. The summed E-state index contributed by atoms with van der Waals surface area (Å²) in [5.74, 6) is 6.14. The Balaban J connectivity index is 1.63. The molecule has 38 heavy (non-hydrogen) atoms. The van der Waals surface area contributed by atoms with E-state index in [0.717, 1.165) is 22.3 Å². The van der Waals surface area contributed by atoms with Crippen molar-refractivity contribution in [1.29, 1.82) is 0 Å². The fourth-order valence-corrected chi connectivity index (χ4v) is 4.69. The second-order valence-corrected chi connectivity index (χ2v) is 9.48.